The fourth-order valence-electron chi connectivity index (χ4n) is 1.79. The molecule has 0 N–H and O–H groups in total. The highest BCUT2D eigenvalue weighted by molar-refractivity contribution is 9.12. The Morgan fingerprint density at radius 2 is 2.00 bits per heavy atom. The van der Waals surface area contributed by atoms with Gasteiger partial charge in [0.1, 0.15) is 0 Å². The van der Waals surface area contributed by atoms with Crippen LogP contribution in [0.1, 0.15) is 26.7 Å². The fourth-order valence-corrected chi connectivity index (χ4v) is 3.07. The number of rotatable bonds is 0. The molecule has 1 nitrogen and oxygen atoms in total. The predicted octanol–water partition coefficient (Wildman–Crippen LogP) is 2.85. The first kappa shape index (κ1) is 8.52. The summed E-state index contributed by atoms with van der Waals surface area (Å²) in [6.45, 7) is 4.43. The lowest BCUT2D eigenvalue weighted by Gasteiger charge is -2.33. The van der Waals surface area contributed by atoms with Crippen molar-refractivity contribution < 1.29 is 4.74 Å². The van der Waals surface area contributed by atoms with Gasteiger partial charge in [-0.3, -0.25) is 0 Å². The molecule has 0 spiro atoms. The topological polar surface area (TPSA) is 12.5 Å². The number of fused-ring (bicyclic) bond motifs is 1. The van der Waals surface area contributed by atoms with Gasteiger partial charge in [-0.05, 0) is 26.7 Å². The quantitative estimate of drug-likeness (QED) is 0.492. The average molecular weight is 284 g/mol. The summed E-state index contributed by atoms with van der Waals surface area (Å²) in [5, 5.41) is 0. The van der Waals surface area contributed by atoms with E-state index in [0.29, 0.717) is 10.9 Å². The van der Waals surface area contributed by atoms with Crippen molar-refractivity contribution in [1.29, 1.82) is 0 Å². The van der Waals surface area contributed by atoms with E-state index in [1.807, 2.05) is 0 Å². The molecule has 1 saturated heterocycles. The van der Waals surface area contributed by atoms with Gasteiger partial charge in [0.15, 0.2) is 0 Å². The van der Waals surface area contributed by atoms with E-state index in [9.17, 15) is 0 Å². The van der Waals surface area contributed by atoms with E-state index in [0.717, 1.165) is 12.8 Å². The molecule has 64 valence electrons. The highest BCUT2D eigenvalue weighted by atomic mass is 79.9. The molecule has 2 rings (SSSR count). The Morgan fingerprint density at radius 1 is 1.36 bits per heavy atom. The Kier molecular flexibility index (Phi) is 1.73. The van der Waals surface area contributed by atoms with Crippen molar-refractivity contribution in [2.45, 2.75) is 47.5 Å². The Hall–Kier alpha value is 0.920. The summed E-state index contributed by atoms with van der Waals surface area (Å²) in [6.07, 6.45) is 2.75. The number of hydrogen-bond donors (Lipinski definition) is 0. The zero-order valence-electron chi connectivity index (χ0n) is 6.73. The number of halogens is 2. The molecule has 1 aliphatic carbocycles. The number of ether oxygens (including phenoxy) is 1. The van der Waals surface area contributed by atoms with Gasteiger partial charge in [0.25, 0.3) is 0 Å². The van der Waals surface area contributed by atoms with Crippen LogP contribution < -0.4 is 0 Å². The molecule has 3 heteroatoms. The highest BCUT2D eigenvalue weighted by Crippen LogP contribution is 2.55. The van der Waals surface area contributed by atoms with Crippen LogP contribution >= 0.6 is 31.9 Å². The Bertz CT molecular complexity index is 193. The molecule has 2 fully saturated rings. The average Bonchev–Trinajstić information content (AvgIpc) is 2.39. The monoisotopic (exact) mass is 282 g/mol. The lowest BCUT2D eigenvalue weighted by Crippen LogP contribution is -2.39. The molecular weight excluding hydrogens is 272 g/mol. The summed E-state index contributed by atoms with van der Waals surface area (Å²) >= 11 is 7.41. The minimum absolute atomic E-state index is 0.196. The second-order valence-electron chi connectivity index (χ2n) is 4.07. The lowest BCUT2D eigenvalue weighted by atomic mass is 9.84. The van der Waals surface area contributed by atoms with Gasteiger partial charge in [-0.2, -0.15) is 0 Å². The standard InChI is InChI=1S/C8H12Br2O/c1-7(10)4-6-8(2,11-6)3-5(7)9/h5-6H,3-4H2,1-2H3. The van der Waals surface area contributed by atoms with E-state index < -0.39 is 0 Å². The summed E-state index contributed by atoms with van der Waals surface area (Å²) < 4.78 is 5.84. The molecular formula is C8H12Br2O. The van der Waals surface area contributed by atoms with Crippen LogP contribution in [0.2, 0.25) is 0 Å². The summed E-state index contributed by atoms with van der Waals surface area (Å²) in [7, 11) is 0. The molecule has 0 aromatic rings. The molecule has 0 aromatic carbocycles. The van der Waals surface area contributed by atoms with Crippen LogP contribution in [0.15, 0.2) is 0 Å². The van der Waals surface area contributed by atoms with Crippen molar-refractivity contribution in [2.24, 2.45) is 0 Å². The smallest absolute Gasteiger partial charge is 0.0932 e. The van der Waals surface area contributed by atoms with Crippen molar-refractivity contribution in [2.75, 3.05) is 0 Å². The van der Waals surface area contributed by atoms with Gasteiger partial charge < -0.3 is 4.74 Å². The van der Waals surface area contributed by atoms with Crippen molar-refractivity contribution >= 4 is 31.9 Å². The molecule has 0 amide bonds. The van der Waals surface area contributed by atoms with Gasteiger partial charge in [-0.1, -0.05) is 31.9 Å². The summed E-state index contributed by atoms with van der Waals surface area (Å²) in [6, 6.07) is 0. The van der Waals surface area contributed by atoms with E-state index in [1.54, 1.807) is 0 Å². The largest absolute Gasteiger partial charge is 0.366 e. The molecule has 11 heavy (non-hydrogen) atoms. The molecule has 0 radical (unpaired) electrons. The first-order valence-corrected chi connectivity index (χ1v) is 5.66. The van der Waals surface area contributed by atoms with E-state index in [4.69, 9.17) is 4.74 Å². The maximum atomic E-state index is 5.61. The zero-order valence-corrected chi connectivity index (χ0v) is 9.91. The fraction of sp³-hybridized carbons (Fsp3) is 1.00. The molecule has 2 aliphatic rings. The number of epoxide rings is 1. The summed E-state index contributed by atoms with van der Waals surface area (Å²) in [5.41, 5.74) is 0.196. The molecule has 0 bridgehead atoms. The first-order valence-electron chi connectivity index (χ1n) is 3.95. The van der Waals surface area contributed by atoms with Gasteiger partial charge in [-0.15, -0.1) is 0 Å². The number of hydrogen-bond acceptors (Lipinski definition) is 1. The highest BCUT2D eigenvalue weighted by Gasteiger charge is 2.60. The van der Waals surface area contributed by atoms with E-state index >= 15 is 0 Å². The normalized spacial score (nSPS) is 62.2. The predicted molar refractivity (Wildman–Crippen MR) is 52.6 cm³/mol. The molecule has 1 saturated carbocycles. The number of alkyl halides is 2. The van der Waals surface area contributed by atoms with Gasteiger partial charge >= 0.3 is 0 Å². The Labute approximate surface area is 84.1 Å². The van der Waals surface area contributed by atoms with E-state index in [-0.39, 0.29) is 9.93 Å². The van der Waals surface area contributed by atoms with E-state index in [1.165, 1.54) is 0 Å². The van der Waals surface area contributed by atoms with Crippen LogP contribution in [0.4, 0.5) is 0 Å². The van der Waals surface area contributed by atoms with Crippen molar-refractivity contribution in [1.82, 2.24) is 0 Å². The summed E-state index contributed by atoms with van der Waals surface area (Å²) in [4.78, 5) is 0.541. The lowest BCUT2D eigenvalue weighted by molar-refractivity contribution is 0.306. The summed E-state index contributed by atoms with van der Waals surface area (Å²) in [5.74, 6) is 0. The van der Waals surface area contributed by atoms with Crippen LogP contribution in [0.5, 0.6) is 0 Å². The second kappa shape index (κ2) is 2.24. The van der Waals surface area contributed by atoms with Crippen molar-refractivity contribution in [3.63, 3.8) is 0 Å². The SMILES string of the molecule is CC1(Br)CC2OC2(C)CC1Br. The van der Waals surface area contributed by atoms with Gasteiger partial charge in [0.2, 0.25) is 0 Å². The molecule has 1 aliphatic heterocycles. The maximum Gasteiger partial charge on any atom is 0.0932 e. The van der Waals surface area contributed by atoms with Crippen LogP contribution in [0, 0.1) is 0 Å². The van der Waals surface area contributed by atoms with Gasteiger partial charge in [-0.25, -0.2) is 0 Å². The zero-order chi connectivity index (χ0) is 8.28. The third-order valence-electron chi connectivity index (χ3n) is 2.86. The molecule has 1 heterocycles. The van der Waals surface area contributed by atoms with Crippen LogP contribution in [-0.4, -0.2) is 20.9 Å². The van der Waals surface area contributed by atoms with Gasteiger partial charge in [0.05, 0.1) is 11.7 Å². The first-order chi connectivity index (χ1) is 4.94. The van der Waals surface area contributed by atoms with Gasteiger partial charge in [0, 0.05) is 9.15 Å². The molecule has 4 unspecified atom stereocenters. The third kappa shape index (κ3) is 1.29. The van der Waals surface area contributed by atoms with Crippen LogP contribution in [-0.2, 0) is 4.74 Å². The molecule has 0 aromatic heterocycles. The van der Waals surface area contributed by atoms with Crippen molar-refractivity contribution in [3.05, 3.63) is 0 Å². The minimum atomic E-state index is 0.196. The molecule has 4 atom stereocenters. The maximum absolute atomic E-state index is 5.61. The van der Waals surface area contributed by atoms with Crippen LogP contribution in [0.3, 0.4) is 0 Å². The Morgan fingerprint density at radius 3 is 2.55 bits per heavy atom. The minimum Gasteiger partial charge on any atom is -0.366 e. The van der Waals surface area contributed by atoms with E-state index in [2.05, 4.69) is 45.7 Å². The van der Waals surface area contributed by atoms with Crippen LogP contribution in [0.25, 0.3) is 0 Å². The third-order valence-corrected chi connectivity index (χ3v) is 5.68. The second-order valence-corrected chi connectivity index (χ2v) is 6.99. The van der Waals surface area contributed by atoms with Crippen molar-refractivity contribution in [3.8, 4) is 0 Å². The Balaban J connectivity index is 2.13.